The molecule has 17 heavy (non-hydrogen) atoms. The molecular formula is C10H17N3O3S. The van der Waals surface area contributed by atoms with Gasteiger partial charge in [-0.3, -0.25) is 0 Å². The molecule has 2 rings (SSSR count). The minimum absolute atomic E-state index is 0.126. The smallest absolute Gasteiger partial charge is 0.321 e. The number of rotatable bonds is 2. The van der Waals surface area contributed by atoms with Crippen LogP contribution >= 0.6 is 0 Å². The molecule has 0 aromatic carbocycles. The predicted molar refractivity (Wildman–Crippen MR) is 63.7 cm³/mol. The van der Waals surface area contributed by atoms with Crippen molar-refractivity contribution in [3.05, 3.63) is 5.82 Å². The van der Waals surface area contributed by atoms with Gasteiger partial charge in [-0.1, -0.05) is 5.16 Å². The normalized spacial score (nSPS) is 23.8. The second kappa shape index (κ2) is 3.97. The van der Waals surface area contributed by atoms with Crippen molar-refractivity contribution in [3.63, 3.8) is 0 Å². The SMILES string of the molecule is CC(C)(C)Nc1nc(C2CCS(=O)(=O)C2)no1. The molecule has 96 valence electrons. The molecule has 0 amide bonds. The van der Waals surface area contributed by atoms with E-state index in [1.165, 1.54) is 0 Å². The average molecular weight is 259 g/mol. The summed E-state index contributed by atoms with van der Waals surface area (Å²) in [5.41, 5.74) is -0.161. The van der Waals surface area contributed by atoms with Gasteiger partial charge in [-0.2, -0.15) is 4.98 Å². The van der Waals surface area contributed by atoms with E-state index in [4.69, 9.17) is 4.52 Å². The molecule has 0 aliphatic carbocycles. The topological polar surface area (TPSA) is 85.1 Å². The molecule has 1 aliphatic heterocycles. The van der Waals surface area contributed by atoms with E-state index in [-0.39, 0.29) is 23.0 Å². The van der Waals surface area contributed by atoms with Crippen LogP contribution in [0.4, 0.5) is 6.01 Å². The molecule has 1 N–H and O–H groups in total. The summed E-state index contributed by atoms with van der Waals surface area (Å²) in [4.78, 5) is 4.19. The fourth-order valence-corrected chi connectivity index (χ4v) is 3.51. The van der Waals surface area contributed by atoms with Crippen molar-refractivity contribution in [1.82, 2.24) is 10.1 Å². The maximum atomic E-state index is 11.3. The molecule has 1 atom stereocenters. The van der Waals surface area contributed by atoms with E-state index >= 15 is 0 Å². The summed E-state index contributed by atoms with van der Waals surface area (Å²) in [6.07, 6.45) is 0.580. The first-order valence-electron chi connectivity index (χ1n) is 5.57. The number of sulfone groups is 1. The Labute approximate surface area is 101 Å². The fourth-order valence-electron chi connectivity index (χ4n) is 1.77. The van der Waals surface area contributed by atoms with Crippen molar-refractivity contribution in [2.75, 3.05) is 16.8 Å². The third kappa shape index (κ3) is 3.18. The van der Waals surface area contributed by atoms with Crippen LogP contribution in [0.2, 0.25) is 0 Å². The minimum atomic E-state index is -2.91. The molecule has 1 fully saturated rings. The summed E-state index contributed by atoms with van der Waals surface area (Å²) in [6, 6.07) is 0.344. The third-order valence-corrected chi connectivity index (χ3v) is 4.29. The average Bonchev–Trinajstić information content (AvgIpc) is 2.69. The van der Waals surface area contributed by atoms with Gasteiger partial charge >= 0.3 is 6.01 Å². The zero-order valence-electron chi connectivity index (χ0n) is 10.2. The molecule has 2 heterocycles. The largest absolute Gasteiger partial charge is 0.333 e. The Morgan fingerprint density at radius 1 is 1.41 bits per heavy atom. The molecule has 0 radical (unpaired) electrons. The lowest BCUT2D eigenvalue weighted by Gasteiger charge is -2.17. The molecular weight excluding hydrogens is 242 g/mol. The van der Waals surface area contributed by atoms with Gasteiger partial charge in [0.25, 0.3) is 0 Å². The van der Waals surface area contributed by atoms with Crippen LogP contribution in [-0.2, 0) is 9.84 Å². The maximum Gasteiger partial charge on any atom is 0.321 e. The van der Waals surface area contributed by atoms with Crippen LogP contribution in [0.25, 0.3) is 0 Å². The number of nitrogens with one attached hydrogen (secondary N) is 1. The van der Waals surface area contributed by atoms with Crippen LogP contribution in [0.5, 0.6) is 0 Å². The van der Waals surface area contributed by atoms with E-state index in [0.29, 0.717) is 18.3 Å². The molecule has 1 unspecified atom stereocenters. The van der Waals surface area contributed by atoms with E-state index in [9.17, 15) is 8.42 Å². The quantitative estimate of drug-likeness (QED) is 0.858. The van der Waals surface area contributed by atoms with Crippen LogP contribution in [0.15, 0.2) is 4.52 Å². The van der Waals surface area contributed by atoms with Gasteiger partial charge in [0.15, 0.2) is 15.7 Å². The van der Waals surface area contributed by atoms with E-state index in [1.807, 2.05) is 20.8 Å². The summed E-state index contributed by atoms with van der Waals surface area (Å²) in [5.74, 6) is 0.701. The second-order valence-electron chi connectivity index (χ2n) is 5.43. The molecule has 0 spiro atoms. The Morgan fingerprint density at radius 2 is 2.12 bits per heavy atom. The first kappa shape index (κ1) is 12.3. The molecule has 1 saturated heterocycles. The van der Waals surface area contributed by atoms with Crippen LogP contribution in [0.3, 0.4) is 0 Å². The van der Waals surface area contributed by atoms with Gasteiger partial charge in [0.05, 0.1) is 11.5 Å². The molecule has 7 heteroatoms. The summed E-state index contributed by atoms with van der Waals surface area (Å²) >= 11 is 0. The van der Waals surface area contributed by atoms with Gasteiger partial charge in [-0.25, -0.2) is 8.42 Å². The lowest BCUT2D eigenvalue weighted by Crippen LogP contribution is -2.26. The van der Waals surface area contributed by atoms with E-state index in [1.54, 1.807) is 0 Å². The Kier molecular flexibility index (Phi) is 2.89. The zero-order chi connectivity index (χ0) is 12.7. The Bertz CT molecular complexity index is 501. The number of anilines is 1. The van der Waals surface area contributed by atoms with Crippen molar-refractivity contribution in [1.29, 1.82) is 0 Å². The molecule has 0 saturated carbocycles. The molecule has 6 nitrogen and oxygen atoms in total. The number of aromatic nitrogens is 2. The molecule has 0 bridgehead atoms. The van der Waals surface area contributed by atoms with Crippen LogP contribution < -0.4 is 5.32 Å². The van der Waals surface area contributed by atoms with Crippen LogP contribution in [0.1, 0.15) is 38.9 Å². The summed E-state index contributed by atoms with van der Waals surface area (Å²) in [6.45, 7) is 5.95. The van der Waals surface area contributed by atoms with Crippen LogP contribution in [-0.4, -0.2) is 35.6 Å². The van der Waals surface area contributed by atoms with E-state index in [0.717, 1.165) is 0 Å². The minimum Gasteiger partial charge on any atom is -0.333 e. The fraction of sp³-hybridized carbons (Fsp3) is 0.800. The van der Waals surface area contributed by atoms with Crippen LogP contribution in [0, 0.1) is 0 Å². The summed E-state index contributed by atoms with van der Waals surface area (Å²) in [5, 5.41) is 6.89. The predicted octanol–water partition coefficient (Wildman–Crippen LogP) is 1.18. The van der Waals surface area contributed by atoms with Crippen molar-refractivity contribution < 1.29 is 12.9 Å². The highest BCUT2D eigenvalue weighted by atomic mass is 32.2. The second-order valence-corrected chi connectivity index (χ2v) is 7.66. The number of hydrogen-bond donors (Lipinski definition) is 1. The monoisotopic (exact) mass is 259 g/mol. The van der Waals surface area contributed by atoms with Gasteiger partial charge in [0, 0.05) is 11.5 Å². The number of hydrogen-bond acceptors (Lipinski definition) is 6. The summed E-state index contributed by atoms with van der Waals surface area (Å²) < 4.78 is 27.8. The Morgan fingerprint density at radius 3 is 2.65 bits per heavy atom. The first-order valence-corrected chi connectivity index (χ1v) is 7.39. The van der Waals surface area contributed by atoms with E-state index in [2.05, 4.69) is 15.5 Å². The van der Waals surface area contributed by atoms with Crippen molar-refractivity contribution in [3.8, 4) is 0 Å². The molecule has 1 aliphatic rings. The third-order valence-electron chi connectivity index (χ3n) is 2.52. The lowest BCUT2D eigenvalue weighted by molar-refractivity contribution is 0.408. The zero-order valence-corrected chi connectivity index (χ0v) is 11.0. The Balaban J connectivity index is 2.09. The maximum absolute atomic E-state index is 11.3. The van der Waals surface area contributed by atoms with Gasteiger partial charge in [-0.05, 0) is 27.2 Å². The highest BCUT2D eigenvalue weighted by molar-refractivity contribution is 7.91. The van der Waals surface area contributed by atoms with Gasteiger partial charge < -0.3 is 9.84 Å². The highest BCUT2D eigenvalue weighted by Gasteiger charge is 2.32. The highest BCUT2D eigenvalue weighted by Crippen LogP contribution is 2.27. The molecule has 1 aromatic heterocycles. The van der Waals surface area contributed by atoms with Crippen molar-refractivity contribution >= 4 is 15.9 Å². The Hall–Kier alpha value is -1.11. The lowest BCUT2D eigenvalue weighted by atomic mass is 10.1. The van der Waals surface area contributed by atoms with Crippen molar-refractivity contribution in [2.45, 2.75) is 38.6 Å². The van der Waals surface area contributed by atoms with Gasteiger partial charge in [0.2, 0.25) is 0 Å². The van der Waals surface area contributed by atoms with E-state index < -0.39 is 9.84 Å². The first-order chi connectivity index (χ1) is 7.75. The van der Waals surface area contributed by atoms with Gasteiger partial charge in [0.1, 0.15) is 0 Å². The van der Waals surface area contributed by atoms with Gasteiger partial charge in [-0.15, -0.1) is 0 Å². The molecule has 1 aromatic rings. The number of nitrogens with zero attached hydrogens (tertiary/aromatic N) is 2. The van der Waals surface area contributed by atoms with Crippen molar-refractivity contribution in [2.24, 2.45) is 0 Å². The summed E-state index contributed by atoms with van der Waals surface area (Å²) in [7, 11) is -2.91. The standard InChI is InChI=1S/C10H17N3O3S/c1-10(2,3)12-9-11-8(13-16-9)7-4-5-17(14,15)6-7/h7H,4-6H2,1-3H3,(H,11,12,13).